The van der Waals surface area contributed by atoms with E-state index in [1.165, 1.54) is 23.9 Å². The van der Waals surface area contributed by atoms with Gasteiger partial charge in [-0.1, -0.05) is 47.7 Å². The molecule has 72 heavy (non-hydrogen) atoms. The van der Waals surface area contributed by atoms with Crippen molar-refractivity contribution in [2.45, 2.75) is 152 Å². The van der Waals surface area contributed by atoms with Gasteiger partial charge in [0.15, 0.2) is 37.3 Å². The Morgan fingerprint density at radius 1 is 0.944 bits per heavy atom. The Balaban J connectivity index is 0.000000611. The largest absolute Gasteiger partial charge is 0.744 e. The summed E-state index contributed by atoms with van der Waals surface area (Å²) in [4.78, 5) is 37.8. The van der Waals surface area contributed by atoms with Gasteiger partial charge in [0.25, 0.3) is 0 Å². The number of thioether (sulfide) groups is 1. The van der Waals surface area contributed by atoms with E-state index in [1.807, 2.05) is 77.9 Å². The Morgan fingerprint density at radius 2 is 1.62 bits per heavy atom. The van der Waals surface area contributed by atoms with Crippen LogP contribution in [0, 0.1) is 19.9 Å². The second-order valence-corrected chi connectivity index (χ2v) is 25.3. The third kappa shape index (κ3) is 14.1. The second kappa shape index (κ2) is 22.4. The fraction of sp³-hybridized carbons (Fsp3) is 0.520. The molecular formula is C50H62FIN6O12S2. The first-order valence-corrected chi connectivity index (χ1v) is 28.1. The van der Waals surface area contributed by atoms with Crippen molar-refractivity contribution in [1.29, 1.82) is 0 Å². The number of anilines is 1. The molecule has 3 heterocycles. The molecule has 3 fully saturated rings. The predicted octanol–water partition coefficient (Wildman–Crippen LogP) is 6.00. The van der Waals surface area contributed by atoms with Crippen molar-refractivity contribution in [2.24, 2.45) is 0 Å². The van der Waals surface area contributed by atoms with Crippen LogP contribution in [0.1, 0.15) is 105 Å². The van der Waals surface area contributed by atoms with Crippen LogP contribution < -0.4 is 30.8 Å². The minimum atomic E-state index is -4.27. The van der Waals surface area contributed by atoms with Crippen molar-refractivity contribution >= 4 is 51.1 Å². The van der Waals surface area contributed by atoms with Gasteiger partial charge < -0.3 is 37.7 Å². The number of ether oxygens (including phenoxy) is 7. The maximum absolute atomic E-state index is 15.8. The smallest absolute Gasteiger partial charge is 0.508 e. The Morgan fingerprint density at radius 3 is 2.25 bits per heavy atom. The number of rotatable bonds is 15. The molecule has 2 aliphatic carbocycles. The van der Waals surface area contributed by atoms with E-state index in [0.29, 0.717) is 32.7 Å². The van der Waals surface area contributed by atoms with Crippen LogP contribution in [0.25, 0.3) is 11.2 Å². The highest BCUT2D eigenvalue weighted by molar-refractivity contribution is 7.99. The Hall–Kier alpha value is -4.72. The summed E-state index contributed by atoms with van der Waals surface area (Å²) in [6, 6.07) is 18.1. The van der Waals surface area contributed by atoms with Gasteiger partial charge in [0.1, 0.15) is 45.9 Å². The van der Waals surface area contributed by atoms with Crippen molar-refractivity contribution in [3.63, 3.8) is 0 Å². The molecule has 2 unspecified atom stereocenters. The maximum atomic E-state index is 15.8. The molecule has 1 aliphatic heterocycles. The molecule has 3 aliphatic rings. The average molecular weight is 1150 g/mol. The van der Waals surface area contributed by atoms with E-state index in [0.717, 1.165) is 32.6 Å². The first-order valence-electron chi connectivity index (χ1n) is 23.5. The average Bonchev–Trinajstić information content (AvgIpc) is 3.68. The molecule has 1 amide bonds. The van der Waals surface area contributed by atoms with Crippen LogP contribution in [0.2, 0.25) is 0 Å². The number of halogens is 2. The van der Waals surface area contributed by atoms with Crippen LogP contribution in [-0.4, -0.2) is 118 Å². The van der Waals surface area contributed by atoms with Gasteiger partial charge in [-0.2, -0.15) is 0 Å². The van der Waals surface area contributed by atoms with E-state index >= 15 is 4.39 Å². The highest BCUT2D eigenvalue weighted by Crippen LogP contribution is 2.49. The molecule has 3 aromatic carbocycles. The van der Waals surface area contributed by atoms with Gasteiger partial charge in [-0.3, -0.25) is 4.90 Å². The normalized spacial score (nSPS) is 21.3. The van der Waals surface area contributed by atoms with Crippen molar-refractivity contribution in [3.05, 3.63) is 90.8 Å². The molecule has 8 rings (SSSR count). The lowest BCUT2D eigenvalue weighted by Gasteiger charge is -2.27. The fourth-order valence-electron chi connectivity index (χ4n) is 8.15. The lowest BCUT2D eigenvalue weighted by Crippen LogP contribution is -3.61. The summed E-state index contributed by atoms with van der Waals surface area (Å²) in [7, 11) is -2.65. The minimum absolute atomic E-state index is 0.0108. The molecule has 390 valence electrons. The van der Waals surface area contributed by atoms with Gasteiger partial charge in [-0.05, 0) is 129 Å². The molecule has 22 heteroatoms. The minimum Gasteiger partial charge on any atom is -0.744 e. The summed E-state index contributed by atoms with van der Waals surface area (Å²) in [5.41, 5.74) is 0.942. The second-order valence-electron chi connectivity index (χ2n) is 19.9. The van der Waals surface area contributed by atoms with Crippen LogP contribution >= 0.6 is 11.8 Å². The van der Waals surface area contributed by atoms with Crippen molar-refractivity contribution in [2.75, 3.05) is 31.0 Å². The standard InChI is InChI=1S/C43H55FIN6O9S.C7H8O3S/c1-11-20-61-38-46-36(50(39(52)59-41(2,3)4)30-22-27(30)24-12-17-29(28(44)21-24)45-25-13-15-26(54-10)16-14-25)33-37(47-38)51(49-48-33)31-23-32(35-34(31)57-43(8,9)58-35)55-18-19-56-40(53)60-42(5,6)7;1-6-2-4-7(5-3-6)11(8,9)10/h12-17,21,27,30-32,34-35H,11,18-20,22-23H2,1-10H3;2-5H,1H3,(H,8,9,10)/q+1;/p-1/t27?,30?,31-,32+,34+,35-;/m1./s1. The zero-order valence-electron chi connectivity index (χ0n) is 42.2. The lowest BCUT2D eigenvalue weighted by molar-refractivity contribution is -0.600. The van der Waals surface area contributed by atoms with Gasteiger partial charge in [0.05, 0.1) is 30.8 Å². The van der Waals surface area contributed by atoms with E-state index in [9.17, 15) is 22.6 Å². The molecule has 0 bridgehead atoms. The lowest BCUT2D eigenvalue weighted by atomic mass is 10.1. The maximum Gasteiger partial charge on any atom is 0.508 e. The number of fused-ring (bicyclic) bond motifs is 2. The summed E-state index contributed by atoms with van der Waals surface area (Å²) < 4.78 is 91.3. The number of amides is 1. The highest BCUT2D eigenvalue weighted by Gasteiger charge is 2.56. The Kier molecular flexibility index (Phi) is 17.1. The zero-order chi connectivity index (χ0) is 52.3. The highest BCUT2D eigenvalue weighted by atomic mass is 127. The first kappa shape index (κ1) is 55.0. The van der Waals surface area contributed by atoms with Crippen LogP contribution in [0.4, 0.5) is 19.8 Å². The molecule has 1 saturated heterocycles. The number of nitrogens with zero attached hydrogens (tertiary/aromatic N) is 6. The third-order valence-corrected chi connectivity index (χ3v) is 16.0. The van der Waals surface area contributed by atoms with E-state index in [-0.39, 0.29) is 35.7 Å². The number of aryl methyl sites for hydroxylation is 1. The van der Waals surface area contributed by atoms with E-state index in [2.05, 4.69) is 17.2 Å². The zero-order valence-corrected chi connectivity index (χ0v) is 46.0. The fourth-order valence-corrected chi connectivity index (χ4v) is 11.5. The number of carbonyl (C=O) groups excluding carboxylic acids is 2. The molecule has 0 spiro atoms. The van der Waals surface area contributed by atoms with Crippen LogP contribution in [0.15, 0.2) is 76.8 Å². The third-order valence-electron chi connectivity index (χ3n) is 11.3. The summed E-state index contributed by atoms with van der Waals surface area (Å²) >= 11 is 0.700. The van der Waals surface area contributed by atoms with E-state index < -0.39 is 91.0 Å². The van der Waals surface area contributed by atoms with Gasteiger partial charge in [-0.25, -0.2) is 37.0 Å². The van der Waals surface area contributed by atoms with Crippen molar-refractivity contribution < 1.29 is 81.3 Å². The quantitative estimate of drug-likeness (QED) is 0.0293. The van der Waals surface area contributed by atoms with Crippen LogP contribution in [-0.2, 0) is 38.5 Å². The summed E-state index contributed by atoms with van der Waals surface area (Å²) in [6.07, 6.45) is -0.906. The van der Waals surface area contributed by atoms with Gasteiger partial charge >= 0.3 is 33.5 Å². The number of methoxy groups -OCH3 is 1. The molecule has 0 radical (unpaired) electrons. The number of hydrogen-bond acceptors (Lipinski definition) is 17. The molecule has 0 N–H and O–H groups in total. The molecular weight excluding hydrogens is 1090 g/mol. The van der Waals surface area contributed by atoms with E-state index in [4.69, 9.17) is 43.1 Å². The first-order chi connectivity index (χ1) is 33.8. The van der Waals surface area contributed by atoms with Crippen molar-refractivity contribution in [1.82, 2.24) is 25.0 Å². The number of carbonyl (C=O) groups is 2. The molecule has 6 atom stereocenters. The molecule has 18 nitrogen and oxygen atoms in total. The molecule has 2 aromatic heterocycles. The monoisotopic (exact) mass is 1150 g/mol. The van der Waals surface area contributed by atoms with Gasteiger partial charge in [0, 0.05) is 24.1 Å². The number of benzene rings is 3. The van der Waals surface area contributed by atoms with E-state index in [1.54, 1.807) is 55.7 Å². The number of hydrogen-bond donors (Lipinski definition) is 0. The molecule has 5 aromatic rings. The Labute approximate surface area is 434 Å². The summed E-state index contributed by atoms with van der Waals surface area (Å²) in [6.45, 7) is 18.4. The topological polar surface area (TPSA) is 216 Å². The Bertz CT molecular complexity index is 2820. The van der Waals surface area contributed by atoms with Gasteiger partial charge in [0.2, 0.25) is 3.57 Å². The van der Waals surface area contributed by atoms with Gasteiger partial charge in [-0.15, -0.1) is 5.10 Å². The van der Waals surface area contributed by atoms with Crippen LogP contribution in [0.3, 0.4) is 0 Å². The predicted molar refractivity (Wildman–Crippen MR) is 259 cm³/mol. The SMILES string of the molecule is CCCSc1nc(N(C(=O)OC(C)(C)C)C2CC2c2ccc([I+]c3ccc(OC)cc3)c(F)c2)c2nnn([C@@H]3C[C@H](OCCOC(=O)OC(C)(C)C)[C@H]4OC(C)(C)O[C@H]43)c2n1.Cc1ccc(S(=O)(=O)[O-])cc1. The number of aromatic nitrogens is 5. The molecule has 2 saturated carbocycles. The summed E-state index contributed by atoms with van der Waals surface area (Å²) in [5.74, 6) is 0.396. The summed E-state index contributed by atoms with van der Waals surface area (Å²) in [5, 5.41) is 9.71. The van der Waals surface area contributed by atoms with Crippen molar-refractivity contribution in [3.8, 4) is 5.75 Å². The van der Waals surface area contributed by atoms with Crippen LogP contribution in [0.5, 0.6) is 5.75 Å².